The first-order valence-electron chi connectivity index (χ1n) is 5.37. The normalized spacial score (nSPS) is 9.81. The van der Waals surface area contributed by atoms with E-state index in [0.29, 0.717) is 6.42 Å². The van der Waals surface area contributed by atoms with Gasteiger partial charge in [0.2, 0.25) is 5.91 Å². The van der Waals surface area contributed by atoms with Gasteiger partial charge in [0.05, 0.1) is 0 Å². The van der Waals surface area contributed by atoms with Crippen LogP contribution >= 0.6 is 0 Å². The van der Waals surface area contributed by atoms with Crippen molar-refractivity contribution in [1.29, 1.82) is 0 Å². The molecule has 0 aromatic heterocycles. The standard InChI is InChI=1S/C13H17NO2/c1-2-5-13(16)14-12-8-3-6-11(10-12)7-4-9-15/h2-3,6,8,10,15H,1,4-5,7,9H2,(H,14,16). The molecule has 0 unspecified atom stereocenters. The van der Waals surface area contributed by atoms with Crippen LogP contribution in [0.1, 0.15) is 18.4 Å². The molecule has 0 bridgehead atoms. The third-order valence-electron chi connectivity index (χ3n) is 2.16. The largest absolute Gasteiger partial charge is 0.396 e. The van der Waals surface area contributed by atoms with Crippen LogP contribution in [0.15, 0.2) is 36.9 Å². The number of nitrogens with one attached hydrogen (secondary N) is 1. The topological polar surface area (TPSA) is 49.3 Å². The number of carbonyl (C=O) groups is 1. The lowest BCUT2D eigenvalue weighted by Gasteiger charge is -2.06. The van der Waals surface area contributed by atoms with Crippen LogP contribution in [-0.4, -0.2) is 17.6 Å². The monoisotopic (exact) mass is 219 g/mol. The number of aliphatic hydroxyl groups excluding tert-OH is 1. The van der Waals surface area contributed by atoms with Crippen LogP contribution in [-0.2, 0) is 11.2 Å². The van der Waals surface area contributed by atoms with E-state index in [1.165, 1.54) is 0 Å². The molecule has 0 aliphatic carbocycles. The molecule has 0 saturated heterocycles. The minimum Gasteiger partial charge on any atom is -0.396 e. The molecule has 0 saturated carbocycles. The molecule has 3 heteroatoms. The van der Waals surface area contributed by atoms with Crippen LogP contribution in [0.5, 0.6) is 0 Å². The highest BCUT2D eigenvalue weighted by Gasteiger charge is 2.00. The van der Waals surface area contributed by atoms with Gasteiger partial charge in [-0.3, -0.25) is 4.79 Å². The van der Waals surface area contributed by atoms with Crippen molar-refractivity contribution in [1.82, 2.24) is 0 Å². The molecule has 0 heterocycles. The maximum absolute atomic E-state index is 11.3. The van der Waals surface area contributed by atoms with Crippen molar-refractivity contribution in [3.8, 4) is 0 Å². The number of carbonyl (C=O) groups excluding carboxylic acids is 1. The van der Waals surface area contributed by atoms with E-state index in [0.717, 1.165) is 24.1 Å². The molecule has 1 aromatic rings. The summed E-state index contributed by atoms with van der Waals surface area (Å²) in [5, 5.41) is 11.5. The van der Waals surface area contributed by atoms with E-state index in [1.54, 1.807) is 6.08 Å². The van der Waals surface area contributed by atoms with Gasteiger partial charge in [0.25, 0.3) is 0 Å². The zero-order chi connectivity index (χ0) is 11.8. The van der Waals surface area contributed by atoms with Gasteiger partial charge in [-0.1, -0.05) is 18.2 Å². The first kappa shape index (κ1) is 12.5. The number of aliphatic hydroxyl groups is 1. The van der Waals surface area contributed by atoms with E-state index in [9.17, 15) is 4.79 Å². The van der Waals surface area contributed by atoms with Crippen molar-refractivity contribution in [3.63, 3.8) is 0 Å². The highest BCUT2D eigenvalue weighted by Crippen LogP contribution is 2.12. The summed E-state index contributed by atoms with van der Waals surface area (Å²) in [7, 11) is 0. The average molecular weight is 219 g/mol. The Bertz CT molecular complexity index is 361. The second-order valence-electron chi connectivity index (χ2n) is 3.57. The molecule has 3 nitrogen and oxygen atoms in total. The number of rotatable bonds is 6. The van der Waals surface area contributed by atoms with E-state index in [2.05, 4.69) is 11.9 Å². The maximum atomic E-state index is 11.3. The number of hydrogen-bond donors (Lipinski definition) is 2. The highest BCUT2D eigenvalue weighted by atomic mass is 16.2. The minimum atomic E-state index is -0.0608. The zero-order valence-electron chi connectivity index (χ0n) is 9.28. The van der Waals surface area contributed by atoms with Crippen LogP contribution in [0.25, 0.3) is 0 Å². The molecule has 2 N–H and O–H groups in total. The fourth-order valence-corrected chi connectivity index (χ4v) is 1.43. The van der Waals surface area contributed by atoms with Gasteiger partial charge in [-0.05, 0) is 30.5 Å². The van der Waals surface area contributed by atoms with Gasteiger partial charge in [-0.25, -0.2) is 0 Å². The summed E-state index contributed by atoms with van der Waals surface area (Å²) in [5.74, 6) is -0.0608. The van der Waals surface area contributed by atoms with Crippen LogP contribution in [0, 0.1) is 0 Å². The van der Waals surface area contributed by atoms with Crippen molar-refractivity contribution in [2.75, 3.05) is 11.9 Å². The Labute approximate surface area is 95.8 Å². The first-order chi connectivity index (χ1) is 7.76. The second-order valence-corrected chi connectivity index (χ2v) is 3.57. The van der Waals surface area contributed by atoms with Crippen molar-refractivity contribution >= 4 is 11.6 Å². The third-order valence-corrected chi connectivity index (χ3v) is 2.16. The number of aryl methyl sites for hydroxylation is 1. The van der Waals surface area contributed by atoms with Gasteiger partial charge in [0, 0.05) is 18.7 Å². The molecule has 0 aliphatic heterocycles. The van der Waals surface area contributed by atoms with Gasteiger partial charge in [-0.2, -0.15) is 0 Å². The van der Waals surface area contributed by atoms with E-state index in [-0.39, 0.29) is 12.5 Å². The number of hydrogen-bond acceptors (Lipinski definition) is 2. The lowest BCUT2D eigenvalue weighted by molar-refractivity contribution is -0.115. The first-order valence-corrected chi connectivity index (χ1v) is 5.37. The molecule has 1 amide bonds. The predicted octanol–water partition coefficient (Wildman–Crippen LogP) is 2.13. The summed E-state index contributed by atoms with van der Waals surface area (Å²) in [5.41, 5.74) is 1.91. The third kappa shape index (κ3) is 4.28. The molecule has 0 atom stereocenters. The highest BCUT2D eigenvalue weighted by molar-refractivity contribution is 5.91. The van der Waals surface area contributed by atoms with Gasteiger partial charge in [0.1, 0.15) is 0 Å². The second kappa shape index (κ2) is 6.80. The summed E-state index contributed by atoms with van der Waals surface area (Å²) < 4.78 is 0. The fourth-order valence-electron chi connectivity index (χ4n) is 1.43. The number of benzene rings is 1. The summed E-state index contributed by atoms with van der Waals surface area (Å²) in [4.78, 5) is 11.3. The maximum Gasteiger partial charge on any atom is 0.228 e. The lowest BCUT2D eigenvalue weighted by Crippen LogP contribution is -2.09. The van der Waals surface area contributed by atoms with Crippen LogP contribution in [0.3, 0.4) is 0 Å². The zero-order valence-corrected chi connectivity index (χ0v) is 9.28. The Morgan fingerprint density at radius 1 is 1.50 bits per heavy atom. The lowest BCUT2D eigenvalue weighted by atomic mass is 10.1. The molecule has 1 rings (SSSR count). The van der Waals surface area contributed by atoms with Crippen LogP contribution in [0.2, 0.25) is 0 Å². The summed E-state index contributed by atoms with van der Waals surface area (Å²) in [6.07, 6.45) is 3.46. The van der Waals surface area contributed by atoms with Crippen LogP contribution in [0.4, 0.5) is 5.69 Å². The van der Waals surface area contributed by atoms with Crippen molar-refractivity contribution in [2.45, 2.75) is 19.3 Å². The van der Waals surface area contributed by atoms with Crippen molar-refractivity contribution < 1.29 is 9.90 Å². The Kier molecular flexibility index (Phi) is 5.29. The predicted molar refractivity (Wildman–Crippen MR) is 65.3 cm³/mol. The molecular formula is C13H17NO2. The molecule has 0 fully saturated rings. The Balaban J connectivity index is 2.59. The number of anilines is 1. The minimum absolute atomic E-state index is 0.0608. The van der Waals surface area contributed by atoms with E-state index < -0.39 is 0 Å². The average Bonchev–Trinajstić information content (AvgIpc) is 2.27. The van der Waals surface area contributed by atoms with Crippen molar-refractivity contribution in [3.05, 3.63) is 42.5 Å². The number of amides is 1. The van der Waals surface area contributed by atoms with E-state index in [1.807, 2.05) is 24.3 Å². The van der Waals surface area contributed by atoms with Gasteiger partial charge in [0.15, 0.2) is 0 Å². The summed E-state index contributed by atoms with van der Waals surface area (Å²) in [6.45, 7) is 3.70. The Morgan fingerprint density at radius 2 is 2.31 bits per heavy atom. The molecular weight excluding hydrogens is 202 g/mol. The smallest absolute Gasteiger partial charge is 0.228 e. The van der Waals surface area contributed by atoms with Gasteiger partial charge >= 0.3 is 0 Å². The Morgan fingerprint density at radius 3 is 3.00 bits per heavy atom. The molecule has 0 radical (unpaired) electrons. The molecule has 0 spiro atoms. The summed E-state index contributed by atoms with van der Waals surface area (Å²) in [6, 6.07) is 7.66. The summed E-state index contributed by atoms with van der Waals surface area (Å²) >= 11 is 0. The quantitative estimate of drug-likeness (QED) is 0.720. The van der Waals surface area contributed by atoms with E-state index in [4.69, 9.17) is 5.11 Å². The van der Waals surface area contributed by atoms with Gasteiger partial charge in [-0.15, -0.1) is 6.58 Å². The molecule has 16 heavy (non-hydrogen) atoms. The molecule has 86 valence electrons. The molecule has 0 aliphatic rings. The van der Waals surface area contributed by atoms with Crippen molar-refractivity contribution in [2.24, 2.45) is 0 Å². The van der Waals surface area contributed by atoms with Gasteiger partial charge < -0.3 is 10.4 Å². The SMILES string of the molecule is C=CCC(=O)Nc1cccc(CCCO)c1. The molecule has 1 aromatic carbocycles. The van der Waals surface area contributed by atoms with Crippen LogP contribution < -0.4 is 5.32 Å². The Hall–Kier alpha value is -1.61. The van der Waals surface area contributed by atoms with E-state index >= 15 is 0 Å². The fraction of sp³-hybridized carbons (Fsp3) is 0.308.